The first-order valence-electron chi connectivity index (χ1n) is 2.84. The number of aromatic nitrogens is 1. The molecular formula is C6H6ClNO2S. The second-order valence-corrected chi connectivity index (χ2v) is 3.36. The summed E-state index contributed by atoms with van der Waals surface area (Å²) in [6, 6.07) is 1.53. The predicted octanol–water partition coefficient (Wildman–Crippen LogP) is 1.62. The van der Waals surface area contributed by atoms with Crippen molar-refractivity contribution in [3.8, 4) is 0 Å². The summed E-state index contributed by atoms with van der Waals surface area (Å²) in [4.78, 5) is 3.98. The first kappa shape index (κ1) is 8.64. The van der Waals surface area contributed by atoms with E-state index in [0.29, 0.717) is 10.7 Å². The molecule has 60 valence electrons. The van der Waals surface area contributed by atoms with Gasteiger partial charge in [-0.05, 0) is 18.6 Å². The molecule has 0 bridgehead atoms. The van der Waals surface area contributed by atoms with Gasteiger partial charge in [-0.15, -0.1) is 0 Å². The van der Waals surface area contributed by atoms with Gasteiger partial charge in [-0.2, -0.15) is 0 Å². The zero-order valence-corrected chi connectivity index (χ0v) is 7.32. The van der Waals surface area contributed by atoms with Crippen LogP contribution in [0, 0.1) is 6.92 Å². The highest BCUT2D eigenvalue weighted by Gasteiger charge is 2.02. The molecule has 0 aliphatic carbocycles. The lowest BCUT2D eigenvalue weighted by Crippen LogP contribution is -1.91. The van der Waals surface area contributed by atoms with Crippen LogP contribution in [0.5, 0.6) is 0 Å². The van der Waals surface area contributed by atoms with E-state index in [9.17, 15) is 4.21 Å². The van der Waals surface area contributed by atoms with Crippen LogP contribution in [0.2, 0.25) is 5.15 Å². The van der Waals surface area contributed by atoms with Crippen LogP contribution in [0.25, 0.3) is 0 Å². The van der Waals surface area contributed by atoms with E-state index in [0.717, 1.165) is 0 Å². The zero-order valence-electron chi connectivity index (χ0n) is 5.74. The predicted molar refractivity (Wildman–Crippen MR) is 43.0 cm³/mol. The van der Waals surface area contributed by atoms with Crippen molar-refractivity contribution in [2.24, 2.45) is 0 Å². The normalized spacial score (nSPS) is 13.0. The van der Waals surface area contributed by atoms with Crippen molar-refractivity contribution < 1.29 is 8.76 Å². The Morgan fingerprint density at radius 2 is 2.36 bits per heavy atom. The van der Waals surface area contributed by atoms with Gasteiger partial charge in [0.15, 0.2) is 11.1 Å². The van der Waals surface area contributed by atoms with Gasteiger partial charge in [-0.3, -0.25) is 0 Å². The molecule has 0 saturated heterocycles. The number of hydrogen-bond donors (Lipinski definition) is 1. The van der Waals surface area contributed by atoms with Gasteiger partial charge in [0.2, 0.25) is 0 Å². The summed E-state index contributed by atoms with van der Waals surface area (Å²) in [7, 11) is 0. The molecule has 1 heterocycles. The molecule has 1 aromatic heterocycles. The third kappa shape index (κ3) is 1.99. The first-order valence-corrected chi connectivity index (χ1v) is 4.32. The van der Waals surface area contributed by atoms with E-state index in [-0.39, 0.29) is 4.90 Å². The third-order valence-electron chi connectivity index (χ3n) is 1.19. The number of rotatable bonds is 1. The van der Waals surface area contributed by atoms with E-state index in [1.54, 1.807) is 6.92 Å². The Morgan fingerprint density at radius 1 is 1.73 bits per heavy atom. The van der Waals surface area contributed by atoms with E-state index < -0.39 is 11.1 Å². The van der Waals surface area contributed by atoms with Crippen molar-refractivity contribution in [1.29, 1.82) is 0 Å². The van der Waals surface area contributed by atoms with Crippen molar-refractivity contribution >= 4 is 22.7 Å². The van der Waals surface area contributed by atoms with Gasteiger partial charge in [0.1, 0.15) is 5.15 Å². The molecule has 1 rings (SSSR count). The average molecular weight is 192 g/mol. The monoisotopic (exact) mass is 191 g/mol. The molecule has 1 N–H and O–H groups in total. The molecule has 0 amide bonds. The van der Waals surface area contributed by atoms with Crippen molar-refractivity contribution in [3.05, 3.63) is 23.0 Å². The molecule has 0 saturated carbocycles. The fourth-order valence-corrected chi connectivity index (χ4v) is 1.15. The Morgan fingerprint density at radius 3 is 2.82 bits per heavy atom. The van der Waals surface area contributed by atoms with Crippen LogP contribution >= 0.6 is 11.6 Å². The fraction of sp³-hybridized carbons (Fsp3) is 0.167. The molecule has 1 aromatic rings. The smallest absolute Gasteiger partial charge is 0.188 e. The Bertz CT molecular complexity index is 303. The molecule has 3 nitrogen and oxygen atoms in total. The summed E-state index contributed by atoms with van der Waals surface area (Å²) in [5.74, 6) is 0. The molecule has 0 aliphatic heterocycles. The Kier molecular flexibility index (Phi) is 2.59. The topological polar surface area (TPSA) is 50.2 Å². The van der Waals surface area contributed by atoms with Gasteiger partial charge in [-0.1, -0.05) is 11.6 Å². The van der Waals surface area contributed by atoms with Crippen LogP contribution in [-0.4, -0.2) is 13.7 Å². The maximum Gasteiger partial charge on any atom is 0.188 e. The molecule has 0 aromatic carbocycles. The van der Waals surface area contributed by atoms with Gasteiger partial charge < -0.3 is 4.55 Å². The summed E-state index contributed by atoms with van der Waals surface area (Å²) < 4.78 is 19.1. The van der Waals surface area contributed by atoms with Crippen LogP contribution in [0.15, 0.2) is 17.2 Å². The van der Waals surface area contributed by atoms with E-state index >= 15 is 0 Å². The summed E-state index contributed by atoms with van der Waals surface area (Å²) in [5, 5.41) is 0.360. The second-order valence-electron chi connectivity index (χ2n) is 2.03. The SMILES string of the molecule is Cc1cc(S(=O)O)cnc1Cl. The average Bonchev–Trinajstić information content (AvgIpc) is 1.94. The lowest BCUT2D eigenvalue weighted by Gasteiger charge is -1.97. The second kappa shape index (κ2) is 3.30. The van der Waals surface area contributed by atoms with E-state index in [1.807, 2.05) is 0 Å². The van der Waals surface area contributed by atoms with Crippen molar-refractivity contribution in [2.75, 3.05) is 0 Å². The largest absolute Gasteiger partial charge is 0.302 e. The maximum absolute atomic E-state index is 10.5. The number of nitrogens with zero attached hydrogens (tertiary/aromatic N) is 1. The molecule has 5 heteroatoms. The Balaban J connectivity index is 3.15. The fourth-order valence-electron chi connectivity index (χ4n) is 0.628. The summed E-state index contributed by atoms with van der Waals surface area (Å²) >= 11 is 3.62. The van der Waals surface area contributed by atoms with Crippen LogP contribution in [-0.2, 0) is 11.1 Å². The minimum absolute atomic E-state index is 0.270. The first-order chi connectivity index (χ1) is 5.11. The lowest BCUT2D eigenvalue weighted by atomic mass is 10.3. The number of aryl methyl sites for hydroxylation is 1. The lowest BCUT2D eigenvalue weighted by molar-refractivity contribution is 0.564. The Hall–Kier alpha value is -0.450. The molecule has 0 aliphatic rings. The molecule has 0 fully saturated rings. The highest BCUT2D eigenvalue weighted by atomic mass is 35.5. The minimum atomic E-state index is -1.97. The van der Waals surface area contributed by atoms with E-state index in [4.69, 9.17) is 16.2 Å². The molecule has 0 spiro atoms. The van der Waals surface area contributed by atoms with Crippen LogP contribution in [0.3, 0.4) is 0 Å². The van der Waals surface area contributed by atoms with Gasteiger partial charge >= 0.3 is 0 Å². The van der Waals surface area contributed by atoms with Crippen LogP contribution in [0.4, 0.5) is 0 Å². The maximum atomic E-state index is 10.5. The zero-order chi connectivity index (χ0) is 8.43. The summed E-state index contributed by atoms with van der Waals surface area (Å²) in [6.07, 6.45) is 1.28. The van der Waals surface area contributed by atoms with Crippen LogP contribution < -0.4 is 0 Å². The van der Waals surface area contributed by atoms with Crippen molar-refractivity contribution in [1.82, 2.24) is 4.98 Å². The minimum Gasteiger partial charge on any atom is -0.302 e. The van der Waals surface area contributed by atoms with Gasteiger partial charge in [0.25, 0.3) is 0 Å². The van der Waals surface area contributed by atoms with Crippen LogP contribution in [0.1, 0.15) is 5.56 Å². The van der Waals surface area contributed by atoms with E-state index in [1.165, 1.54) is 12.3 Å². The van der Waals surface area contributed by atoms with Gasteiger partial charge in [-0.25, -0.2) is 9.19 Å². The molecule has 11 heavy (non-hydrogen) atoms. The highest BCUT2D eigenvalue weighted by Crippen LogP contribution is 2.13. The van der Waals surface area contributed by atoms with Gasteiger partial charge in [0.05, 0.1) is 4.90 Å². The molecule has 1 unspecified atom stereocenters. The molecule has 0 radical (unpaired) electrons. The standard InChI is InChI=1S/C6H6ClNO2S/c1-4-2-5(11(9)10)3-8-6(4)7/h2-3H,1H3,(H,9,10). The quantitative estimate of drug-likeness (QED) is 0.542. The van der Waals surface area contributed by atoms with Crippen molar-refractivity contribution in [3.63, 3.8) is 0 Å². The summed E-state index contributed by atoms with van der Waals surface area (Å²) in [5.41, 5.74) is 0.701. The Labute approximate surface area is 71.7 Å². The molecular weight excluding hydrogens is 186 g/mol. The van der Waals surface area contributed by atoms with Gasteiger partial charge in [0, 0.05) is 6.20 Å². The number of pyridine rings is 1. The van der Waals surface area contributed by atoms with Crippen molar-refractivity contribution in [2.45, 2.75) is 11.8 Å². The third-order valence-corrected chi connectivity index (χ3v) is 2.21. The highest BCUT2D eigenvalue weighted by molar-refractivity contribution is 7.79. The molecule has 1 atom stereocenters. The van der Waals surface area contributed by atoms with E-state index in [2.05, 4.69) is 4.98 Å². The number of hydrogen-bond acceptors (Lipinski definition) is 2. The number of halogens is 1. The summed E-state index contributed by atoms with van der Waals surface area (Å²) in [6.45, 7) is 1.73.